The summed E-state index contributed by atoms with van der Waals surface area (Å²) in [7, 11) is 2.05. The first-order valence-electron chi connectivity index (χ1n) is 7.22. The van der Waals surface area contributed by atoms with Gasteiger partial charge in [-0.15, -0.1) is 0 Å². The first kappa shape index (κ1) is 14.0. The Balaban J connectivity index is 1.97. The molecule has 1 aliphatic rings. The molecule has 0 aromatic carbocycles. The van der Waals surface area contributed by atoms with E-state index < -0.39 is 0 Å². The van der Waals surface area contributed by atoms with E-state index in [1.165, 1.54) is 58.0 Å². The molecule has 96 valence electrons. The molecule has 1 saturated carbocycles. The van der Waals surface area contributed by atoms with Crippen LogP contribution in [0, 0.1) is 11.8 Å². The zero-order valence-corrected chi connectivity index (χ0v) is 11.2. The van der Waals surface area contributed by atoms with Gasteiger partial charge in [-0.2, -0.15) is 0 Å². The number of nitrogens with one attached hydrogen (secondary N) is 2. The molecular formula is C14H30N2. The highest BCUT2D eigenvalue weighted by Crippen LogP contribution is 2.25. The lowest BCUT2D eigenvalue weighted by Gasteiger charge is -2.22. The van der Waals surface area contributed by atoms with Crippen LogP contribution in [-0.4, -0.2) is 26.7 Å². The van der Waals surface area contributed by atoms with Crippen molar-refractivity contribution < 1.29 is 0 Å². The Labute approximate surface area is 102 Å². The summed E-state index contributed by atoms with van der Waals surface area (Å²) in [6.07, 6.45) is 10.1. The Bertz CT molecular complexity index is 146. The average Bonchev–Trinajstić information content (AvgIpc) is 2.34. The molecule has 2 nitrogen and oxygen atoms in total. The largest absolute Gasteiger partial charge is 0.319 e. The van der Waals surface area contributed by atoms with Gasteiger partial charge in [0, 0.05) is 0 Å². The minimum atomic E-state index is 0.802. The summed E-state index contributed by atoms with van der Waals surface area (Å²) in [5, 5.41) is 6.90. The van der Waals surface area contributed by atoms with E-state index in [1.54, 1.807) is 0 Å². The molecule has 1 unspecified atom stereocenters. The maximum absolute atomic E-state index is 3.63. The Morgan fingerprint density at radius 3 is 2.50 bits per heavy atom. The van der Waals surface area contributed by atoms with Gasteiger partial charge in [-0.05, 0) is 44.9 Å². The Kier molecular flexibility index (Phi) is 7.87. The minimum Gasteiger partial charge on any atom is -0.319 e. The molecule has 16 heavy (non-hydrogen) atoms. The van der Waals surface area contributed by atoms with Gasteiger partial charge in [-0.1, -0.05) is 45.4 Å². The van der Waals surface area contributed by atoms with Gasteiger partial charge in [0.2, 0.25) is 0 Å². The van der Waals surface area contributed by atoms with Crippen molar-refractivity contribution in [1.29, 1.82) is 0 Å². The molecule has 1 rings (SSSR count). The molecule has 0 aliphatic heterocycles. The second-order valence-corrected chi connectivity index (χ2v) is 5.33. The van der Waals surface area contributed by atoms with E-state index in [0.717, 1.165) is 18.4 Å². The van der Waals surface area contributed by atoms with Crippen molar-refractivity contribution in [2.24, 2.45) is 11.8 Å². The summed E-state index contributed by atoms with van der Waals surface area (Å²) >= 11 is 0. The molecule has 0 aromatic heterocycles. The molecular weight excluding hydrogens is 196 g/mol. The summed E-state index contributed by atoms with van der Waals surface area (Å²) in [6.45, 7) is 5.84. The normalized spacial score (nSPS) is 19.9. The van der Waals surface area contributed by atoms with Gasteiger partial charge >= 0.3 is 0 Å². The fraction of sp³-hybridized carbons (Fsp3) is 1.00. The van der Waals surface area contributed by atoms with Gasteiger partial charge in [0.25, 0.3) is 0 Å². The van der Waals surface area contributed by atoms with Crippen LogP contribution in [-0.2, 0) is 0 Å². The number of rotatable bonds is 8. The maximum Gasteiger partial charge on any atom is -0.000848 e. The molecule has 1 atom stereocenters. The molecule has 2 heteroatoms. The molecule has 2 N–H and O–H groups in total. The standard InChI is InChI=1S/C14H30N2/c1-3-13(11-15-2)12-16-10-9-14-7-5-4-6-8-14/h13-16H,3-12H2,1-2H3. The number of hydrogen-bond acceptors (Lipinski definition) is 2. The lowest BCUT2D eigenvalue weighted by molar-refractivity contribution is 0.328. The van der Waals surface area contributed by atoms with Crippen molar-refractivity contribution in [3.63, 3.8) is 0 Å². The highest BCUT2D eigenvalue weighted by atomic mass is 14.9. The third kappa shape index (κ3) is 5.86. The molecule has 0 radical (unpaired) electrons. The van der Waals surface area contributed by atoms with Crippen LogP contribution in [0.3, 0.4) is 0 Å². The monoisotopic (exact) mass is 226 g/mol. The van der Waals surface area contributed by atoms with Crippen LogP contribution >= 0.6 is 0 Å². The van der Waals surface area contributed by atoms with Crippen LogP contribution < -0.4 is 10.6 Å². The van der Waals surface area contributed by atoms with Crippen molar-refractivity contribution in [2.45, 2.75) is 51.9 Å². The van der Waals surface area contributed by atoms with E-state index in [4.69, 9.17) is 0 Å². The van der Waals surface area contributed by atoms with Gasteiger partial charge in [0.05, 0.1) is 0 Å². The predicted molar refractivity (Wildman–Crippen MR) is 71.8 cm³/mol. The third-order valence-electron chi connectivity index (χ3n) is 3.96. The Morgan fingerprint density at radius 2 is 1.88 bits per heavy atom. The molecule has 0 aromatic rings. The predicted octanol–water partition coefficient (Wildman–Crippen LogP) is 2.79. The first-order chi connectivity index (χ1) is 7.86. The number of hydrogen-bond donors (Lipinski definition) is 2. The van der Waals surface area contributed by atoms with Crippen molar-refractivity contribution in [3.05, 3.63) is 0 Å². The van der Waals surface area contributed by atoms with E-state index in [-0.39, 0.29) is 0 Å². The van der Waals surface area contributed by atoms with Crippen LogP contribution in [0.5, 0.6) is 0 Å². The topological polar surface area (TPSA) is 24.1 Å². The lowest BCUT2D eigenvalue weighted by Crippen LogP contribution is -2.30. The fourth-order valence-electron chi connectivity index (χ4n) is 2.74. The maximum atomic E-state index is 3.63. The van der Waals surface area contributed by atoms with E-state index >= 15 is 0 Å². The van der Waals surface area contributed by atoms with E-state index in [2.05, 4.69) is 17.6 Å². The van der Waals surface area contributed by atoms with E-state index in [9.17, 15) is 0 Å². The van der Waals surface area contributed by atoms with Crippen LogP contribution in [0.25, 0.3) is 0 Å². The van der Waals surface area contributed by atoms with Gasteiger partial charge in [-0.3, -0.25) is 0 Å². The zero-order valence-electron chi connectivity index (χ0n) is 11.2. The van der Waals surface area contributed by atoms with Crippen molar-refractivity contribution >= 4 is 0 Å². The average molecular weight is 226 g/mol. The fourth-order valence-corrected chi connectivity index (χ4v) is 2.74. The van der Waals surface area contributed by atoms with Crippen molar-refractivity contribution in [1.82, 2.24) is 10.6 Å². The molecule has 0 bridgehead atoms. The summed E-state index contributed by atoms with van der Waals surface area (Å²) in [5.74, 6) is 1.82. The van der Waals surface area contributed by atoms with Gasteiger partial charge < -0.3 is 10.6 Å². The second-order valence-electron chi connectivity index (χ2n) is 5.33. The molecule has 0 heterocycles. The van der Waals surface area contributed by atoms with Crippen LogP contribution in [0.1, 0.15) is 51.9 Å². The quantitative estimate of drug-likeness (QED) is 0.622. The molecule has 1 aliphatic carbocycles. The SMILES string of the molecule is CCC(CNC)CNCCC1CCCCC1. The summed E-state index contributed by atoms with van der Waals surface area (Å²) in [5.41, 5.74) is 0. The van der Waals surface area contributed by atoms with Crippen molar-refractivity contribution in [2.75, 3.05) is 26.7 Å². The molecule has 0 saturated heterocycles. The summed E-state index contributed by atoms with van der Waals surface area (Å²) < 4.78 is 0. The summed E-state index contributed by atoms with van der Waals surface area (Å²) in [6, 6.07) is 0. The zero-order chi connectivity index (χ0) is 11.6. The van der Waals surface area contributed by atoms with Crippen molar-refractivity contribution in [3.8, 4) is 0 Å². The summed E-state index contributed by atoms with van der Waals surface area (Å²) in [4.78, 5) is 0. The van der Waals surface area contributed by atoms with E-state index in [0.29, 0.717) is 0 Å². The van der Waals surface area contributed by atoms with Gasteiger partial charge in [0.15, 0.2) is 0 Å². The van der Waals surface area contributed by atoms with Crippen LogP contribution in [0.2, 0.25) is 0 Å². The van der Waals surface area contributed by atoms with E-state index in [1.807, 2.05) is 7.05 Å². The highest BCUT2D eigenvalue weighted by molar-refractivity contribution is 4.68. The second kappa shape index (κ2) is 9.00. The lowest BCUT2D eigenvalue weighted by atomic mass is 9.87. The molecule has 0 spiro atoms. The first-order valence-corrected chi connectivity index (χ1v) is 7.22. The smallest absolute Gasteiger partial charge is 0.000848 e. The van der Waals surface area contributed by atoms with Gasteiger partial charge in [0.1, 0.15) is 0 Å². The highest BCUT2D eigenvalue weighted by Gasteiger charge is 2.12. The third-order valence-corrected chi connectivity index (χ3v) is 3.96. The Morgan fingerprint density at radius 1 is 1.12 bits per heavy atom. The molecule has 1 fully saturated rings. The van der Waals surface area contributed by atoms with Crippen LogP contribution in [0.4, 0.5) is 0 Å². The molecule has 0 amide bonds. The Hall–Kier alpha value is -0.0800. The minimum absolute atomic E-state index is 0.802. The van der Waals surface area contributed by atoms with Crippen LogP contribution in [0.15, 0.2) is 0 Å². The van der Waals surface area contributed by atoms with Gasteiger partial charge in [-0.25, -0.2) is 0 Å².